The lowest BCUT2D eigenvalue weighted by atomic mass is 10.3. The van der Waals surface area contributed by atoms with Gasteiger partial charge in [-0.25, -0.2) is 4.99 Å². The Morgan fingerprint density at radius 3 is 2.50 bits per heavy atom. The average Bonchev–Trinajstić information content (AvgIpc) is 2.00. The Hall–Kier alpha value is -1.05. The van der Waals surface area contributed by atoms with Crippen molar-refractivity contribution in [2.24, 2.45) is 4.99 Å². The van der Waals surface area contributed by atoms with E-state index < -0.39 is 0 Å². The van der Waals surface area contributed by atoms with E-state index in [1.54, 1.807) is 0 Å². The first kappa shape index (κ1) is 11.0. The molecular formula is C10H18N2. The molecule has 0 aromatic carbocycles. The predicted octanol–water partition coefficient (Wildman–Crippen LogP) is 2.45. The summed E-state index contributed by atoms with van der Waals surface area (Å²) in [6, 6.07) is 0. The summed E-state index contributed by atoms with van der Waals surface area (Å²) in [7, 11) is 2.01. The molecule has 0 atom stereocenters. The molecule has 0 heterocycles. The zero-order chi connectivity index (χ0) is 9.56. The molecule has 2 heteroatoms. The summed E-state index contributed by atoms with van der Waals surface area (Å²) in [5.41, 5.74) is 1.00. The van der Waals surface area contributed by atoms with Crippen LogP contribution in [0.2, 0.25) is 0 Å². The summed E-state index contributed by atoms with van der Waals surface area (Å²) in [5.74, 6) is 0.893. The van der Waals surface area contributed by atoms with Crippen molar-refractivity contribution in [2.45, 2.75) is 20.3 Å². The molecule has 0 bridgehead atoms. The molecule has 0 fully saturated rings. The van der Waals surface area contributed by atoms with Crippen molar-refractivity contribution in [1.82, 2.24) is 4.90 Å². The fourth-order valence-corrected chi connectivity index (χ4v) is 0.947. The van der Waals surface area contributed by atoms with E-state index in [1.165, 1.54) is 0 Å². The minimum atomic E-state index is 0.893. The van der Waals surface area contributed by atoms with Gasteiger partial charge >= 0.3 is 0 Å². The Balaban J connectivity index is 4.33. The predicted molar refractivity (Wildman–Crippen MR) is 55.4 cm³/mol. The Morgan fingerprint density at radius 2 is 2.17 bits per heavy atom. The zero-order valence-corrected chi connectivity index (χ0v) is 8.30. The molecule has 0 aromatic heterocycles. The van der Waals surface area contributed by atoms with Gasteiger partial charge in [-0.1, -0.05) is 19.1 Å². The Morgan fingerprint density at radius 1 is 1.58 bits per heavy atom. The summed E-state index contributed by atoms with van der Waals surface area (Å²) >= 11 is 0. The van der Waals surface area contributed by atoms with E-state index in [-0.39, 0.29) is 0 Å². The normalized spacial score (nSPS) is 11.1. The highest BCUT2D eigenvalue weighted by Gasteiger charge is 1.99. The van der Waals surface area contributed by atoms with Crippen LogP contribution < -0.4 is 0 Å². The van der Waals surface area contributed by atoms with Gasteiger partial charge in [-0.15, -0.1) is 0 Å². The van der Waals surface area contributed by atoms with Crippen molar-refractivity contribution in [3.63, 3.8) is 0 Å². The number of aliphatic imine (C=N–C) groups is 1. The Kier molecular flexibility index (Phi) is 5.09. The van der Waals surface area contributed by atoms with Gasteiger partial charge in [0.15, 0.2) is 0 Å². The van der Waals surface area contributed by atoms with Crippen LogP contribution in [0, 0.1) is 0 Å². The summed E-state index contributed by atoms with van der Waals surface area (Å²) in [6.07, 6.45) is 3.04. The van der Waals surface area contributed by atoms with E-state index in [4.69, 9.17) is 0 Å². The van der Waals surface area contributed by atoms with Gasteiger partial charge in [0, 0.05) is 13.6 Å². The highest BCUT2D eigenvalue weighted by Crippen LogP contribution is 2.06. The number of rotatable bonds is 5. The Labute approximate surface area is 75.3 Å². The van der Waals surface area contributed by atoms with E-state index >= 15 is 0 Å². The van der Waals surface area contributed by atoms with Gasteiger partial charge in [-0.05, 0) is 26.1 Å². The molecule has 0 aromatic rings. The van der Waals surface area contributed by atoms with Crippen molar-refractivity contribution in [2.75, 3.05) is 13.6 Å². The molecule has 0 amide bonds. The number of allylic oxidation sites excluding steroid dienone is 2. The first-order valence-electron chi connectivity index (χ1n) is 4.16. The molecule has 0 spiro atoms. The number of hydrogen-bond acceptors (Lipinski definition) is 2. The van der Waals surface area contributed by atoms with Crippen LogP contribution in [0.4, 0.5) is 0 Å². The molecule has 0 radical (unpaired) electrons. The molecule has 0 unspecified atom stereocenters. The third-order valence-electron chi connectivity index (χ3n) is 1.49. The van der Waals surface area contributed by atoms with Crippen LogP contribution in [-0.4, -0.2) is 25.2 Å². The highest BCUT2D eigenvalue weighted by molar-refractivity contribution is 5.30. The van der Waals surface area contributed by atoms with Crippen LogP contribution in [0.3, 0.4) is 0 Å². The molecule has 2 nitrogen and oxygen atoms in total. The van der Waals surface area contributed by atoms with Gasteiger partial charge in [0.25, 0.3) is 0 Å². The minimum Gasteiger partial charge on any atom is -0.360 e. The summed E-state index contributed by atoms with van der Waals surface area (Å²) in [4.78, 5) is 5.99. The van der Waals surface area contributed by atoms with Gasteiger partial charge in [-0.3, -0.25) is 0 Å². The smallest absolute Gasteiger partial charge is 0.127 e. The van der Waals surface area contributed by atoms with Crippen molar-refractivity contribution in [3.8, 4) is 0 Å². The van der Waals surface area contributed by atoms with Gasteiger partial charge in [-0.2, -0.15) is 0 Å². The quantitative estimate of drug-likeness (QED) is 0.452. The van der Waals surface area contributed by atoms with E-state index in [2.05, 4.69) is 30.1 Å². The van der Waals surface area contributed by atoms with E-state index in [0.29, 0.717) is 0 Å². The van der Waals surface area contributed by atoms with Gasteiger partial charge in [0.2, 0.25) is 0 Å². The molecule has 0 aliphatic heterocycles. The molecule has 0 saturated heterocycles. The lowest BCUT2D eigenvalue weighted by Crippen LogP contribution is -2.17. The fraction of sp³-hybridized carbons (Fsp3) is 0.500. The number of hydrogen-bond donors (Lipinski definition) is 0. The third kappa shape index (κ3) is 3.96. The summed E-state index contributed by atoms with van der Waals surface area (Å²) in [6.45, 7) is 12.4. The van der Waals surface area contributed by atoms with Crippen molar-refractivity contribution in [3.05, 3.63) is 24.0 Å². The lowest BCUT2D eigenvalue weighted by Gasteiger charge is -2.17. The van der Waals surface area contributed by atoms with Gasteiger partial charge in [0.1, 0.15) is 5.82 Å². The maximum absolute atomic E-state index is 3.92. The fourth-order valence-electron chi connectivity index (χ4n) is 0.947. The average molecular weight is 166 g/mol. The largest absolute Gasteiger partial charge is 0.360 e. The molecule has 0 saturated carbocycles. The molecular weight excluding hydrogens is 148 g/mol. The molecule has 0 N–H and O–H groups in total. The molecule has 0 rings (SSSR count). The molecule has 68 valence electrons. The van der Waals surface area contributed by atoms with E-state index in [1.807, 2.05) is 20.0 Å². The van der Waals surface area contributed by atoms with Gasteiger partial charge < -0.3 is 4.90 Å². The van der Waals surface area contributed by atoms with Crippen LogP contribution in [0.25, 0.3) is 0 Å². The highest BCUT2D eigenvalue weighted by atomic mass is 15.2. The first-order valence-corrected chi connectivity index (χ1v) is 4.16. The van der Waals surface area contributed by atoms with Gasteiger partial charge in [0.05, 0.1) is 0 Å². The van der Waals surface area contributed by atoms with Crippen LogP contribution >= 0.6 is 0 Å². The first-order chi connectivity index (χ1) is 5.61. The second-order valence-corrected chi connectivity index (χ2v) is 2.93. The molecule has 0 aliphatic rings. The topological polar surface area (TPSA) is 15.6 Å². The summed E-state index contributed by atoms with van der Waals surface area (Å²) in [5, 5.41) is 0. The summed E-state index contributed by atoms with van der Waals surface area (Å²) < 4.78 is 0. The second kappa shape index (κ2) is 5.58. The van der Waals surface area contributed by atoms with E-state index in [0.717, 1.165) is 24.4 Å². The maximum atomic E-state index is 3.92. The van der Waals surface area contributed by atoms with E-state index in [9.17, 15) is 0 Å². The van der Waals surface area contributed by atoms with Crippen molar-refractivity contribution in [1.29, 1.82) is 0 Å². The lowest BCUT2D eigenvalue weighted by molar-refractivity contribution is 0.413. The second-order valence-electron chi connectivity index (χ2n) is 2.93. The van der Waals surface area contributed by atoms with Crippen LogP contribution in [0.5, 0.6) is 0 Å². The van der Waals surface area contributed by atoms with Crippen molar-refractivity contribution >= 4 is 6.72 Å². The van der Waals surface area contributed by atoms with Crippen LogP contribution in [0.15, 0.2) is 29.0 Å². The monoisotopic (exact) mass is 166 g/mol. The number of nitrogens with zero attached hydrogens (tertiary/aromatic N) is 2. The SMILES string of the molecule is C=N/C(=C\C(=C)C)N(C)CCC. The maximum Gasteiger partial charge on any atom is 0.127 e. The zero-order valence-electron chi connectivity index (χ0n) is 8.30. The Bertz CT molecular complexity index is 192. The standard InChI is InChI=1S/C10H18N2/c1-6-7-12(5)10(11-4)8-9(2)3/h8H,2,4,6-7H2,1,3,5H3/b10-8+. The van der Waals surface area contributed by atoms with Crippen molar-refractivity contribution < 1.29 is 0 Å². The minimum absolute atomic E-state index is 0.893. The van der Waals surface area contributed by atoms with Crippen LogP contribution in [0.1, 0.15) is 20.3 Å². The molecule has 0 aliphatic carbocycles. The van der Waals surface area contributed by atoms with Crippen LogP contribution in [-0.2, 0) is 0 Å². The third-order valence-corrected chi connectivity index (χ3v) is 1.49. The molecule has 12 heavy (non-hydrogen) atoms.